The van der Waals surface area contributed by atoms with Gasteiger partial charge in [0.05, 0.1) is 16.1 Å². The summed E-state index contributed by atoms with van der Waals surface area (Å²) < 4.78 is 0. The first-order valence-electron chi connectivity index (χ1n) is 8.33. The zero-order valence-electron chi connectivity index (χ0n) is 14.1. The number of phenolic OH excluding ortho intramolecular Hbond substituents is 1. The molecule has 0 saturated heterocycles. The van der Waals surface area contributed by atoms with Gasteiger partial charge in [-0.05, 0) is 29.8 Å². The van der Waals surface area contributed by atoms with Crippen LogP contribution in [0.1, 0.15) is 17.2 Å². The van der Waals surface area contributed by atoms with Crippen molar-refractivity contribution >= 4 is 39.9 Å². The third-order valence-corrected chi connectivity index (χ3v) is 5.17. The second-order valence-electron chi connectivity index (χ2n) is 6.01. The molecule has 2 aromatic carbocycles. The van der Waals surface area contributed by atoms with Crippen LogP contribution in [-0.2, 0) is 0 Å². The van der Waals surface area contributed by atoms with E-state index in [9.17, 15) is 5.11 Å². The third kappa shape index (κ3) is 3.42. The topological polar surface area (TPSA) is 58.0 Å². The number of aromatic hydroxyl groups is 1. The van der Waals surface area contributed by atoms with Crippen LogP contribution in [0.5, 0.6) is 5.75 Å². The van der Waals surface area contributed by atoms with E-state index in [0.29, 0.717) is 26.9 Å². The van der Waals surface area contributed by atoms with Gasteiger partial charge < -0.3 is 10.4 Å². The maximum Gasteiger partial charge on any atom is 0.147 e. The second-order valence-corrected chi connectivity index (χ2v) is 6.80. The summed E-state index contributed by atoms with van der Waals surface area (Å²) in [4.78, 5) is 8.64. The molecule has 2 aromatic heterocycles. The molecular formula is C21H15Cl2N3O. The highest BCUT2D eigenvalue weighted by atomic mass is 35.5. The Labute approximate surface area is 166 Å². The van der Waals surface area contributed by atoms with E-state index in [1.54, 1.807) is 18.5 Å². The molecule has 0 unspecified atom stereocenters. The van der Waals surface area contributed by atoms with Crippen LogP contribution in [0, 0.1) is 0 Å². The van der Waals surface area contributed by atoms with E-state index < -0.39 is 6.04 Å². The molecule has 4 nitrogen and oxygen atoms in total. The Hall–Kier alpha value is -2.82. The number of nitrogens with zero attached hydrogens (tertiary/aromatic N) is 2. The summed E-state index contributed by atoms with van der Waals surface area (Å²) >= 11 is 12.7. The van der Waals surface area contributed by atoms with Crippen LogP contribution in [0.2, 0.25) is 10.0 Å². The lowest BCUT2D eigenvalue weighted by atomic mass is 9.96. The number of anilines is 1. The second kappa shape index (κ2) is 7.43. The first kappa shape index (κ1) is 17.6. The zero-order chi connectivity index (χ0) is 18.8. The number of hydrogen-bond donors (Lipinski definition) is 2. The van der Waals surface area contributed by atoms with Gasteiger partial charge in [0, 0.05) is 23.3 Å². The number of halogens is 2. The number of pyridine rings is 2. The molecule has 4 aromatic rings. The SMILES string of the molecule is Oc1c([C@@H](Nc2ccccn2)c2cccc(Cl)c2Cl)ccc2cccnc12. The largest absolute Gasteiger partial charge is 0.505 e. The zero-order valence-corrected chi connectivity index (χ0v) is 15.6. The van der Waals surface area contributed by atoms with Gasteiger partial charge in [-0.25, -0.2) is 4.98 Å². The Morgan fingerprint density at radius 3 is 2.48 bits per heavy atom. The molecule has 0 amide bonds. The summed E-state index contributed by atoms with van der Waals surface area (Å²) in [6.07, 6.45) is 3.35. The summed E-state index contributed by atoms with van der Waals surface area (Å²) in [7, 11) is 0. The van der Waals surface area contributed by atoms with Crippen molar-refractivity contribution in [1.29, 1.82) is 0 Å². The van der Waals surface area contributed by atoms with Crippen LogP contribution in [0.15, 0.2) is 73.1 Å². The molecule has 2 heterocycles. The molecular weight excluding hydrogens is 381 g/mol. The van der Waals surface area contributed by atoms with E-state index in [1.807, 2.05) is 54.6 Å². The molecule has 1 atom stereocenters. The van der Waals surface area contributed by atoms with Crippen molar-refractivity contribution < 1.29 is 5.11 Å². The summed E-state index contributed by atoms with van der Waals surface area (Å²) in [6.45, 7) is 0. The Bertz CT molecular complexity index is 1100. The van der Waals surface area contributed by atoms with Gasteiger partial charge in [-0.2, -0.15) is 0 Å². The van der Waals surface area contributed by atoms with Gasteiger partial charge in [-0.15, -0.1) is 0 Å². The van der Waals surface area contributed by atoms with Crippen LogP contribution in [-0.4, -0.2) is 15.1 Å². The van der Waals surface area contributed by atoms with E-state index in [0.717, 1.165) is 10.9 Å². The lowest BCUT2D eigenvalue weighted by molar-refractivity contribution is 0.471. The van der Waals surface area contributed by atoms with Crippen LogP contribution in [0.25, 0.3) is 10.9 Å². The quantitative estimate of drug-likeness (QED) is 0.455. The summed E-state index contributed by atoms with van der Waals surface area (Å²) in [5, 5.41) is 16.0. The molecule has 0 radical (unpaired) electrons. The smallest absolute Gasteiger partial charge is 0.147 e. The minimum atomic E-state index is -0.461. The molecule has 134 valence electrons. The van der Waals surface area contributed by atoms with Crippen LogP contribution >= 0.6 is 23.2 Å². The highest BCUT2D eigenvalue weighted by Crippen LogP contribution is 2.40. The van der Waals surface area contributed by atoms with E-state index in [4.69, 9.17) is 23.2 Å². The lowest BCUT2D eigenvalue weighted by Crippen LogP contribution is -2.14. The molecule has 4 rings (SSSR count). The Kier molecular flexibility index (Phi) is 4.84. The fourth-order valence-corrected chi connectivity index (χ4v) is 3.46. The van der Waals surface area contributed by atoms with Crippen molar-refractivity contribution in [2.24, 2.45) is 0 Å². The molecule has 0 aliphatic heterocycles. The predicted molar refractivity (Wildman–Crippen MR) is 110 cm³/mol. The molecule has 0 saturated carbocycles. The van der Waals surface area contributed by atoms with E-state index in [2.05, 4.69) is 15.3 Å². The third-order valence-electron chi connectivity index (χ3n) is 4.34. The molecule has 0 aliphatic carbocycles. The van der Waals surface area contributed by atoms with E-state index in [-0.39, 0.29) is 5.75 Å². The highest BCUT2D eigenvalue weighted by molar-refractivity contribution is 6.42. The fraction of sp³-hybridized carbons (Fsp3) is 0.0476. The molecule has 6 heteroatoms. The van der Waals surface area contributed by atoms with Crippen molar-refractivity contribution in [3.05, 3.63) is 94.2 Å². The number of benzene rings is 2. The predicted octanol–water partition coefficient (Wildman–Crippen LogP) is 5.84. The van der Waals surface area contributed by atoms with Crippen molar-refractivity contribution in [1.82, 2.24) is 9.97 Å². The average Bonchev–Trinajstić information content (AvgIpc) is 2.70. The molecule has 0 fully saturated rings. The van der Waals surface area contributed by atoms with E-state index >= 15 is 0 Å². The maximum atomic E-state index is 10.9. The Morgan fingerprint density at radius 1 is 0.815 bits per heavy atom. The summed E-state index contributed by atoms with van der Waals surface area (Å²) in [5.41, 5.74) is 1.90. The summed E-state index contributed by atoms with van der Waals surface area (Å²) in [5.74, 6) is 0.747. The molecule has 2 N–H and O–H groups in total. The monoisotopic (exact) mass is 395 g/mol. The lowest BCUT2D eigenvalue weighted by Gasteiger charge is -2.23. The van der Waals surface area contributed by atoms with Gasteiger partial charge in [-0.3, -0.25) is 4.98 Å². The standard InChI is InChI=1S/C21H15Cl2N3O/c22-16-7-3-6-14(18(16)23)20(26-17-8-1-2-11-24-17)15-10-9-13-5-4-12-25-19(13)21(15)27/h1-12,20,27H,(H,24,26)/t20-/m0/s1. The first-order chi connectivity index (χ1) is 13.1. The van der Waals surface area contributed by atoms with Gasteiger partial charge in [-0.1, -0.05) is 59.6 Å². The van der Waals surface area contributed by atoms with Crippen molar-refractivity contribution in [3.8, 4) is 5.75 Å². The molecule has 0 bridgehead atoms. The van der Waals surface area contributed by atoms with Crippen molar-refractivity contribution in [2.75, 3.05) is 5.32 Å². The van der Waals surface area contributed by atoms with Crippen LogP contribution in [0.4, 0.5) is 5.82 Å². The number of hydrogen-bond acceptors (Lipinski definition) is 4. The first-order valence-corrected chi connectivity index (χ1v) is 9.09. The van der Waals surface area contributed by atoms with Gasteiger partial charge in [0.15, 0.2) is 0 Å². The Morgan fingerprint density at radius 2 is 1.67 bits per heavy atom. The molecule has 0 aliphatic rings. The number of phenols is 1. The van der Waals surface area contributed by atoms with Crippen molar-refractivity contribution in [2.45, 2.75) is 6.04 Å². The minimum Gasteiger partial charge on any atom is -0.505 e. The molecule has 0 spiro atoms. The summed E-state index contributed by atoms with van der Waals surface area (Å²) in [6, 6.07) is 18.0. The normalized spacial score (nSPS) is 12.1. The number of rotatable bonds is 4. The molecule has 27 heavy (non-hydrogen) atoms. The number of aromatic nitrogens is 2. The Balaban J connectivity index is 1.90. The van der Waals surface area contributed by atoms with Gasteiger partial charge in [0.1, 0.15) is 17.1 Å². The van der Waals surface area contributed by atoms with Crippen molar-refractivity contribution in [3.63, 3.8) is 0 Å². The van der Waals surface area contributed by atoms with Crippen LogP contribution < -0.4 is 5.32 Å². The maximum absolute atomic E-state index is 10.9. The van der Waals surface area contributed by atoms with E-state index in [1.165, 1.54) is 0 Å². The fourth-order valence-electron chi connectivity index (χ4n) is 3.04. The van der Waals surface area contributed by atoms with Gasteiger partial charge in [0.25, 0.3) is 0 Å². The average molecular weight is 396 g/mol. The number of fused-ring (bicyclic) bond motifs is 1. The highest BCUT2D eigenvalue weighted by Gasteiger charge is 2.23. The number of nitrogens with one attached hydrogen (secondary N) is 1. The minimum absolute atomic E-state index is 0.0950. The van der Waals surface area contributed by atoms with Crippen LogP contribution in [0.3, 0.4) is 0 Å². The van der Waals surface area contributed by atoms with Gasteiger partial charge >= 0.3 is 0 Å². The van der Waals surface area contributed by atoms with Gasteiger partial charge in [0.2, 0.25) is 0 Å².